The van der Waals surface area contributed by atoms with Gasteiger partial charge in [-0.1, -0.05) is 65.7 Å². The number of carbonyl (C=O) groups is 1. The summed E-state index contributed by atoms with van der Waals surface area (Å²) in [6, 6.07) is 21.3. The first-order chi connectivity index (χ1) is 15.8. The van der Waals surface area contributed by atoms with Crippen LogP contribution in [0, 0.1) is 13.8 Å². The summed E-state index contributed by atoms with van der Waals surface area (Å²) in [6.45, 7) is 3.93. The van der Waals surface area contributed by atoms with Crippen LogP contribution in [0.25, 0.3) is 0 Å². The number of rotatable bonds is 10. The minimum Gasteiger partial charge on any atom is -0.354 e. The van der Waals surface area contributed by atoms with Crippen molar-refractivity contribution in [1.29, 1.82) is 0 Å². The van der Waals surface area contributed by atoms with Crippen LogP contribution in [0.3, 0.4) is 0 Å². The number of anilines is 1. The van der Waals surface area contributed by atoms with E-state index < -0.39 is 10.0 Å². The Kier molecular flexibility index (Phi) is 8.83. The average Bonchev–Trinajstić information content (AvgIpc) is 2.79. The highest BCUT2D eigenvalue weighted by Crippen LogP contribution is 2.27. The van der Waals surface area contributed by atoms with Crippen LogP contribution in [0.2, 0.25) is 5.02 Å². The number of thioether (sulfide) groups is 1. The SMILES string of the molecule is Cc1ccc(N(CC(=O)NCCSCc2ccccc2Cl)S(=O)(=O)c2ccccc2)c(C)c1. The number of hydrogen-bond acceptors (Lipinski definition) is 4. The molecule has 0 spiro atoms. The molecule has 3 aromatic rings. The van der Waals surface area contributed by atoms with E-state index in [-0.39, 0.29) is 17.3 Å². The van der Waals surface area contributed by atoms with Gasteiger partial charge in [-0.3, -0.25) is 9.10 Å². The molecule has 33 heavy (non-hydrogen) atoms. The monoisotopic (exact) mass is 502 g/mol. The molecular weight excluding hydrogens is 476 g/mol. The Morgan fingerprint density at radius 1 is 1.00 bits per heavy atom. The van der Waals surface area contributed by atoms with E-state index in [1.807, 2.05) is 50.2 Å². The molecule has 174 valence electrons. The van der Waals surface area contributed by atoms with Gasteiger partial charge in [-0.15, -0.1) is 0 Å². The number of halogens is 1. The van der Waals surface area contributed by atoms with Crippen molar-refractivity contribution in [1.82, 2.24) is 5.32 Å². The summed E-state index contributed by atoms with van der Waals surface area (Å²) in [5.41, 5.74) is 3.35. The lowest BCUT2D eigenvalue weighted by atomic mass is 10.1. The highest BCUT2D eigenvalue weighted by molar-refractivity contribution is 7.98. The zero-order valence-corrected chi connectivity index (χ0v) is 21.0. The van der Waals surface area contributed by atoms with E-state index in [1.54, 1.807) is 36.0 Å². The Morgan fingerprint density at radius 3 is 2.39 bits per heavy atom. The first-order valence-electron chi connectivity index (χ1n) is 10.5. The van der Waals surface area contributed by atoms with Crippen molar-refractivity contribution in [3.63, 3.8) is 0 Å². The van der Waals surface area contributed by atoms with E-state index in [4.69, 9.17) is 11.6 Å². The molecule has 3 rings (SSSR count). The molecular formula is C25H27ClN2O3S2. The van der Waals surface area contributed by atoms with E-state index in [2.05, 4.69) is 5.32 Å². The lowest BCUT2D eigenvalue weighted by molar-refractivity contribution is -0.119. The average molecular weight is 503 g/mol. The van der Waals surface area contributed by atoms with Gasteiger partial charge in [0.1, 0.15) is 6.54 Å². The van der Waals surface area contributed by atoms with Gasteiger partial charge in [-0.25, -0.2) is 8.42 Å². The molecule has 0 bridgehead atoms. The van der Waals surface area contributed by atoms with Crippen LogP contribution in [0.1, 0.15) is 16.7 Å². The van der Waals surface area contributed by atoms with Crippen molar-refractivity contribution < 1.29 is 13.2 Å². The van der Waals surface area contributed by atoms with Crippen molar-refractivity contribution in [2.75, 3.05) is 23.1 Å². The van der Waals surface area contributed by atoms with Gasteiger partial charge in [-0.2, -0.15) is 11.8 Å². The number of benzene rings is 3. The molecule has 0 aromatic heterocycles. The van der Waals surface area contributed by atoms with Crippen LogP contribution in [-0.2, 0) is 20.6 Å². The maximum atomic E-state index is 13.4. The number of aryl methyl sites for hydroxylation is 2. The Balaban J connectivity index is 1.67. The molecule has 5 nitrogen and oxygen atoms in total. The molecule has 0 aliphatic heterocycles. The summed E-state index contributed by atoms with van der Waals surface area (Å²) in [5, 5.41) is 3.57. The summed E-state index contributed by atoms with van der Waals surface area (Å²) < 4.78 is 28.0. The fourth-order valence-electron chi connectivity index (χ4n) is 3.35. The largest absolute Gasteiger partial charge is 0.354 e. The maximum absolute atomic E-state index is 13.4. The number of amides is 1. The van der Waals surface area contributed by atoms with Crippen molar-refractivity contribution in [2.45, 2.75) is 24.5 Å². The lowest BCUT2D eigenvalue weighted by Crippen LogP contribution is -2.41. The molecule has 0 aliphatic carbocycles. The summed E-state index contributed by atoms with van der Waals surface area (Å²) in [7, 11) is -3.91. The van der Waals surface area contributed by atoms with Gasteiger partial charge in [0.05, 0.1) is 10.6 Å². The first-order valence-corrected chi connectivity index (χ1v) is 13.5. The van der Waals surface area contributed by atoms with Gasteiger partial charge in [0.25, 0.3) is 10.0 Å². The van der Waals surface area contributed by atoms with Crippen LogP contribution >= 0.6 is 23.4 Å². The smallest absolute Gasteiger partial charge is 0.264 e. The molecule has 8 heteroatoms. The molecule has 1 amide bonds. The van der Waals surface area contributed by atoms with Crippen molar-refractivity contribution in [3.8, 4) is 0 Å². The quantitative estimate of drug-likeness (QED) is 0.387. The molecule has 1 N–H and O–H groups in total. The second-order valence-electron chi connectivity index (χ2n) is 7.61. The third-order valence-corrected chi connectivity index (χ3v) is 8.17. The van der Waals surface area contributed by atoms with Crippen molar-refractivity contribution >= 4 is 45.0 Å². The minimum atomic E-state index is -3.91. The van der Waals surface area contributed by atoms with E-state index in [0.717, 1.165) is 27.5 Å². The first kappa shape index (κ1) is 25.1. The van der Waals surface area contributed by atoms with Crippen LogP contribution in [-0.4, -0.2) is 33.2 Å². The molecule has 0 saturated carbocycles. The topological polar surface area (TPSA) is 66.5 Å². The van der Waals surface area contributed by atoms with Crippen molar-refractivity contribution in [2.24, 2.45) is 0 Å². The van der Waals surface area contributed by atoms with E-state index in [1.165, 1.54) is 16.4 Å². The summed E-state index contributed by atoms with van der Waals surface area (Å²) in [5.74, 6) is 1.08. The summed E-state index contributed by atoms with van der Waals surface area (Å²) in [4.78, 5) is 12.9. The van der Waals surface area contributed by atoms with Gasteiger partial charge in [0.15, 0.2) is 0 Å². The van der Waals surface area contributed by atoms with Gasteiger partial charge in [0, 0.05) is 23.1 Å². The Labute approximate surface area is 205 Å². The molecule has 0 radical (unpaired) electrons. The number of nitrogens with one attached hydrogen (secondary N) is 1. The maximum Gasteiger partial charge on any atom is 0.264 e. The van der Waals surface area contributed by atoms with Crippen molar-refractivity contribution in [3.05, 3.63) is 94.5 Å². The normalized spacial score (nSPS) is 11.2. The second-order valence-corrected chi connectivity index (χ2v) is 11.0. The molecule has 3 aromatic carbocycles. The fourth-order valence-corrected chi connectivity index (χ4v) is 6.00. The van der Waals surface area contributed by atoms with Crippen LogP contribution < -0.4 is 9.62 Å². The summed E-state index contributed by atoms with van der Waals surface area (Å²) >= 11 is 7.83. The molecule has 0 aliphatic rings. The Hall–Kier alpha value is -2.48. The van der Waals surface area contributed by atoms with Gasteiger partial charge < -0.3 is 5.32 Å². The number of sulfonamides is 1. The van der Waals surface area contributed by atoms with Crippen LogP contribution in [0.15, 0.2) is 77.7 Å². The number of hydrogen-bond donors (Lipinski definition) is 1. The molecule has 0 unspecified atom stereocenters. The third-order valence-electron chi connectivity index (χ3n) is 5.02. The second kappa shape index (κ2) is 11.6. The van der Waals surface area contributed by atoms with Gasteiger partial charge in [0.2, 0.25) is 5.91 Å². The van der Waals surface area contributed by atoms with Gasteiger partial charge >= 0.3 is 0 Å². The van der Waals surface area contributed by atoms with Gasteiger partial charge in [-0.05, 0) is 49.2 Å². The Morgan fingerprint density at radius 2 is 1.70 bits per heavy atom. The van der Waals surface area contributed by atoms with E-state index >= 15 is 0 Å². The van der Waals surface area contributed by atoms with Crippen LogP contribution in [0.4, 0.5) is 5.69 Å². The highest BCUT2D eigenvalue weighted by Gasteiger charge is 2.28. The lowest BCUT2D eigenvalue weighted by Gasteiger charge is -2.26. The zero-order valence-electron chi connectivity index (χ0n) is 18.6. The molecule has 0 fully saturated rings. The fraction of sp³-hybridized carbons (Fsp3) is 0.240. The van der Waals surface area contributed by atoms with E-state index in [9.17, 15) is 13.2 Å². The number of nitrogens with zero attached hydrogens (tertiary/aromatic N) is 1. The number of carbonyl (C=O) groups excluding carboxylic acids is 1. The standard InChI is InChI=1S/C25H27ClN2O3S2/c1-19-12-13-24(20(2)16-19)28(33(30,31)22-9-4-3-5-10-22)17-25(29)27-14-15-32-18-21-8-6-7-11-23(21)26/h3-13,16H,14-15,17-18H2,1-2H3,(H,27,29). The predicted molar refractivity (Wildman–Crippen MR) is 138 cm³/mol. The Bertz CT molecular complexity index is 1200. The zero-order chi connectivity index (χ0) is 23.8. The third kappa shape index (κ3) is 6.76. The molecule has 0 saturated heterocycles. The minimum absolute atomic E-state index is 0.146. The predicted octanol–water partition coefficient (Wildman–Crippen LogP) is 5.20. The van der Waals surface area contributed by atoms with Crippen LogP contribution in [0.5, 0.6) is 0 Å². The highest BCUT2D eigenvalue weighted by atomic mass is 35.5. The van der Waals surface area contributed by atoms with E-state index in [0.29, 0.717) is 18.0 Å². The molecule has 0 heterocycles. The summed E-state index contributed by atoms with van der Waals surface area (Å²) in [6.07, 6.45) is 0. The molecule has 0 atom stereocenters.